The molecule has 0 fully saturated rings. The fourth-order valence-electron chi connectivity index (χ4n) is 2.23. The summed E-state index contributed by atoms with van der Waals surface area (Å²) in [6.07, 6.45) is -2.04. The number of nitrogens with one attached hydrogen (secondary N) is 1. The second-order valence-corrected chi connectivity index (χ2v) is 5.60. The number of aliphatic hydroxyl groups is 1. The van der Waals surface area contributed by atoms with E-state index in [1.165, 1.54) is 19.1 Å². The predicted molar refractivity (Wildman–Crippen MR) is 81.8 cm³/mol. The van der Waals surface area contributed by atoms with Crippen LogP contribution in [0.2, 0.25) is 0 Å². The largest absolute Gasteiger partial charge is 0.416 e. The quantitative estimate of drug-likeness (QED) is 0.803. The first-order valence-corrected chi connectivity index (χ1v) is 7.30. The Labute approximate surface area is 133 Å². The maximum absolute atomic E-state index is 12.7. The fraction of sp³-hybridized carbons (Fsp3) is 0.353. The zero-order valence-corrected chi connectivity index (χ0v) is 12.8. The molecule has 124 valence electrons. The minimum atomic E-state index is -4.42. The van der Waals surface area contributed by atoms with Crippen LogP contribution in [-0.4, -0.2) is 23.2 Å². The number of rotatable bonds is 6. The van der Waals surface area contributed by atoms with E-state index in [9.17, 15) is 18.3 Å². The van der Waals surface area contributed by atoms with Gasteiger partial charge in [-0.25, -0.2) is 0 Å². The maximum atomic E-state index is 12.7. The summed E-state index contributed by atoms with van der Waals surface area (Å²) in [7, 11) is 0. The van der Waals surface area contributed by atoms with Crippen molar-refractivity contribution in [2.24, 2.45) is 0 Å². The zero-order chi connectivity index (χ0) is 16.9. The fourth-order valence-corrected chi connectivity index (χ4v) is 2.23. The van der Waals surface area contributed by atoms with Crippen LogP contribution in [-0.2, 0) is 18.2 Å². The van der Waals surface area contributed by atoms with Crippen LogP contribution >= 0.6 is 0 Å². The first-order chi connectivity index (χ1) is 10.8. The standard InChI is InChI=1S/C17H19F3N2O/c1-16(23,12-21-10-8-15-7-2-3-9-22-15)13-5-4-6-14(11-13)17(18,19)20/h2-7,9,11,21,23H,8,10,12H2,1H3. The van der Waals surface area contributed by atoms with Crippen LogP contribution in [0.1, 0.15) is 23.7 Å². The molecule has 0 spiro atoms. The highest BCUT2D eigenvalue weighted by Crippen LogP contribution is 2.31. The normalized spacial score (nSPS) is 14.5. The molecule has 2 rings (SSSR count). The molecular weight excluding hydrogens is 305 g/mol. The highest BCUT2D eigenvalue weighted by Gasteiger charge is 2.32. The van der Waals surface area contributed by atoms with E-state index in [1.807, 2.05) is 18.2 Å². The number of benzene rings is 1. The molecule has 1 aromatic carbocycles. The Balaban J connectivity index is 1.93. The summed E-state index contributed by atoms with van der Waals surface area (Å²) in [5.74, 6) is 0. The topological polar surface area (TPSA) is 45.1 Å². The lowest BCUT2D eigenvalue weighted by Gasteiger charge is -2.25. The molecule has 0 aliphatic rings. The SMILES string of the molecule is CC(O)(CNCCc1ccccn1)c1cccc(C(F)(F)F)c1. The van der Waals surface area contributed by atoms with E-state index in [-0.39, 0.29) is 12.1 Å². The number of halogens is 3. The summed E-state index contributed by atoms with van der Waals surface area (Å²) in [6, 6.07) is 10.4. The maximum Gasteiger partial charge on any atom is 0.416 e. The monoisotopic (exact) mass is 324 g/mol. The Morgan fingerprint density at radius 2 is 1.83 bits per heavy atom. The van der Waals surface area contributed by atoms with Gasteiger partial charge in [0.1, 0.15) is 0 Å². The van der Waals surface area contributed by atoms with E-state index < -0.39 is 17.3 Å². The molecule has 1 atom stereocenters. The number of aromatic nitrogens is 1. The van der Waals surface area contributed by atoms with E-state index in [2.05, 4.69) is 10.3 Å². The zero-order valence-electron chi connectivity index (χ0n) is 12.8. The van der Waals surface area contributed by atoms with Crippen LogP contribution in [0, 0.1) is 0 Å². The molecule has 0 radical (unpaired) electrons. The Morgan fingerprint density at radius 1 is 1.09 bits per heavy atom. The summed E-state index contributed by atoms with van der Waals surface area (Å²) in [4.78, 5) is 4.18. The van der Waals surface area contributed by atoms with Gasteiger partial charge in [0.15, 0.2) is 0 Å². The van der Waals surface area contributed by atoms with Gasteiger partial charge in [-0.1, -0.05) is 18.2 Å². The molecule has 2 aromatic rings. The van der Waals surface area contributed by atoms with Gasteiger partial charge in [0, 0.05) is 31.4 Å². The van der Waals surface area contributed by atoms with Crippen molar-refractivity contribution in [2.75, 3.05) is 13.1 Å². The molecule has 1 unspecified atom stereocenters. The minimum absolute atomic E-state index is 0.154. The van der Waals surface area contributed by atoms with Gasteiger partial charge >= 0.3 is 6.18 Å². The van der Waals surface area contributed by atoms with Gasteiger partial charge in [-0.15, -0.1) is 0 Å². The van der Waals surface area contributed by atoms with Gasteiger partial charge in [0.25, 0.3) is 0 Å². The summed E-state index contributed by atoms with van der Waals surface area (Å²) in [6.45, 7) is 2.23. The van der Waals surface area contributed by atoms with E-state index in [4.69, 9.17) is 0 Å². The van der Waals surface area contributed by atoms with Crippen molar-refractivity contribution >= 4 is 0 Å². The van der Waals surface area contributed by atoms with Gasteiger partial charge in [0.2, 0.25) is 0 Å². The van der Waals surface area contributed by atoms with Gasteiger partial charge in [0.05, 0.1) is 11.2 Å². The summed E-state index contributed by atoms with van der Waals surface area (Å²) in [5, 5.41) is 13.5. The Kier molecular flexibility index (Phi) is 5.38. The lowest BCUT2D eigenvalue weighted by molar-refractivity contribution is -0.137. The molecule has 23 heavy (non-hydrogen) atoms. The Morgan fingerprint density at radius 3 is 2.48 bits per heavy atom. The van der Waals surface area contributed by atoms with Crippen LogP contribution in [0.25, 0.3) is 0 Å². The second kappa shape index (κ2) is 7.10. The molecule has 0 saturated heterocycles. The van der Waals surface area contributed by atoms with Crippen LogP contribution in [0.15, 0.2) is 48.7 Å². The summed E-state index contributed by atoms with van der Waals surface area (Å²) in [5.41, 5.74) is -0.995. The van der Waals surface area contributed by atoms with E-state index >= 15 is 0 Å². The number of hydrogen-bond donors (Lipinski definition) is 2. The molecule has 0 bridgehead atoms. The van der Waals surface area contributed by atoms with Crippen LogP contribution < -0.4 is 5.32 Å². The van der Waals surface area contributed by atoms with Crippen molar-refractivity contribution in [2.45, 2.75) is 25.1 Å². The average molecular weight is 324 g/mol. The molecule has 2 N–H and O–H groups in total. The van der Waals surface area contributed by atoms with Crippen molar-refractivity contribution in [3.63, 3.8) is 0 Å². The van der Waals surface area contributed by atoms with E-state index in [0.29, 0.717) is 13.0 Å². The molecular formula is C17H19F3N2O. The van der Waals surface area contributed by atoms with E-state index in [0.717, 1.165) is 17.8 Å². The van der Waals surface area contributed by atoms with E-state index in [1.54, 1.807) is 6.20 Å². The van der Waals surface area contributed by atoms with Crippen molar-refractivity contribution in [3.8, 4) is 0 Å². The molecule has 0 saturated carbocycles. The minimum Gasteiger partial charge on any atom is -0.384 e. The lowest BCUT2D eigenvalue weighted by atomic mass is 9.94. The number of nitrogens with zero attached hydrogens (tertiary/aromatic N) is 1. The third-order valence-electron chi connectivity index (χ3n) is 3.57. The number of hydrogen-bond acceptors (Lipinski definition) is 3. The van der Waals surface area contributed by atoms with Crippen LogP contribution in [0.3, 0.4) is 0 Å². The van der Waals surface area contributed by atoms with Crippen LogP contribution in [0.4, 0.5) is 13.2 Å². The first kappa shape index (κ1) is 17.4. The van der Waals surface area contributed by atoms with Gasteiger partial charge in [-0.2, -0.15) is 13.2 Å². The highest BCUT2D eigenvalue weighted by molar-refractivity contribution is 5.29. The third kappa shape index (κ3) is 5.04. The average Bonchev–Trinajstić information content (AvgIpc) is 2.52. The molecule has 0 aliphatic carbocycles. The molecule has 1 aromatic heterocycles. The van der Waals surface area contributed by atoms with Gasteiger partial charge in [-0.3, -0.25) is 4.98 Å². The molecule has 3 nitrogen and oxygen atoms in total. The van der Waals surface area contributed by atoms with Crippen LogP contribution in [0.5, 0.6) is 0 Å². The Bertz CT molecular complexity index is 627. The van der Waals surface area contributed by atoms with Crippen molar-refractivity contribution in [1.29, 1.82) is 0 Å². The summed E-state index contributed by atoms with van der Waals surface area (Å²) >= 11 is 0. The van der Waals surface area contributed by atoms with Gasteiger partial charge in [-0.05, 0) is 36.8 Å². The first-order valence-electron chi connectivity index (χ1n) is 7.30. The van der Waals surface area contributed by atoms with Crippen molar-refractivity contribution in [3.05, 3.63) is 65.5 Å². The van der Waals surface area contributed by atoms with Crippen molar-refractivity contribution < 1.29 is 18.3 Å². The molecule has 1 heterocycles. The number of alkyl halides is 3. The smallest absolute Gasteiger partial charge is 0.384 e. The molecule has 6 heteroatoms. The van der Waals surface area contributed by atoms with Gasteiger partial charge < -0.3 is 10.4 Å². The number of pyridine rings is 1. The van der Waals surface area contributed by atoms with Crippen molar-refractivity contribution in [1.82, 2.24) is 10.3 Å². The highest BCUT2D eigenvalue weighted by atomic mass is 19.4. The molecule has 0 aliphatic heterocycles. The summed E-state index contributed by atoms with van der Waals surface area (Å²) < 4.78 is 38.2. The lowest BCUT2D eigenvalue weighted by Crippen LogP contribution is -2.36. The second-order valence-electron chi connectivity index (χ2n) is 5.60. The predicted octanol–water partition coefficient (Wildman–Crippen LogP) is 3.14. The Hall–Kier alpha value is -1.92. The molecule has 0 amide bonds. The third-order valence-corrected chi connectivity index (χ3v) is 3.57.